The summed E-state index contributed by atoms with van der Waals surface area (Å²) in [5.74, 6) is 0.682. The second kappa shape index (κ2) is 10.9. The van der Waals surface area contributed by atoms with Gasteiger partial charge in [-0.1, -0.05) is 108 Å². The van der Waals surface area contributed by atoms with E-state index in [0.717, 1.165) is 12.3 Å². The quantitative estimate of drug-likeness (QED) is 0.169. The van der Waals surface area contributed by atoms with Crippen molar-refractivity contribution in [1.82, 2.24) is 0 Å². The highest BCUT2D eigenvalue weighted by Crippen LogP contribution is 2.57. The summed E-state index contributed by atoms with van der Waals surface area (Å²) >= 11 is 0. The van der Waals surface area contributed by atoms with Crippen LogP contribution in [0.4, 0.5) is 0 Å². The molecule has 0 spiro atoms. The molecule has 1 heterocycles. The summed E-state index contributed by atoms with van der Waals surface area (Å²) in [6.07, 6.45) is 17.1. The van der Waals surface area contributed by atoms with Gasteiger partial charge in [-0.05, 0) is 32.6 Å². The van der Waals surface area contributed by atoms with Gasteiger partial charge in [0, 0.05) is 17.5 Å². The van der Waals surface area contributed by atoms with Crippen molar-refractivity contribution in [2.45, 2.75) is 116 Å². The van der Waals surface area contributed by atoms with Gasteiger partial charge in [-0.15, -0.1) is 0 Å². The molecule has 0 bridgehead atoms. The van der Waals surface area contributed by atoms with Crippen LogP contribution >= 0.6 is 0 Å². The van der Waals surface area contributed by atoms with E-state index in [-0.39, 0.29) is 11.6 Å². The molecule has 1 saturated heterocycles. The first-order chi connectivity index (χ1) is 15.4. The standard InChI is InChI=1S/C29H42O3/c1-5-6-7-8-9-10-11-15-22(2)16-14-17-23(3)20-21-29-27(31)25-19-13-12-18-24(25)26(30)28(29,4)32-29/h12-13,18-20,22H,5-11,14-17,21H2,1-4H3/b23-20+. The molecule has 0 N–H and O–H groups in total. The van der Waals surface area contributed by atoms with Crippen LogP contribution in [-0.2, 0) is 4.74 Å². The number of hydrogen-bond acceptors (Lipinski definition) is 3. The molecule has 1 aliphatic heterocycles. The maximum atomic E-state index is 13.1. The Morgan fingerprint density at radius 3 is 2.22 bits per heavy atom. The molecule has 3 nitrogen and oxygen atoms in total. The molecule has 1 aliphatic carbocycles. The van der Waals surface area contributed by atoms with Crippen LogP contribution in [0.3, 0.4) is 0 Å². The molecule has 0 amide bonds. The summed E-state index contributed by atoms with van der Waals surface area (Å²) < 4.78 is 5.90. The van der Waals surface area contributed by atoms with E-state index in [1.807, 2.05) is 6.07 Å². The summed E-state index contributed by atoms with van der Waals surface area (Å²) in [5, 5.41) is 0. The predicted octanol–water partition coefficient (Wildman–Crippen LogP) is 7.88. The van der Waals surface area contributed by atoms with Crippen LogP contribution in [0.1, 0.15) is 125 Å². The van der Waals surface area contributed by atoms with Gasteiger partial charge >= 0.3 is 0 Å². The highest BCUT2D eigenvalue weighted by Gasteiger charge is 2.77. The number of ketones is 2. The van der Waals surface area contributed by atoms with Crippen LogP contribution in [-0.4, -0.2) is 22.8 Å². The summed E-state index contributed by atoms with van der Waals surface area (Å²) in [6, 6.07) is 7.11. The van der Waals surface area contributed by atoms with Crippen LogP contribution in [0.25, 0.3) is 0 Å². The Morgan fingerprint density at radius 2 is 1.53 bits per heavy atom. The lowest BCUT2D eigenvalue weighted by molar-refractivity contribution is 0.0847. The number of benzene rings is 1. The fourth-order valence-corrected chi connectivity index (χ4v) is 5.24. The number of unbranched alkanes of at least 4 members (excludes halogenated alkanes) is 6. The number of epoxide rings is 1. The molecule has 3 atom stereocenters. The molecule has 0 aromatic heterocycles. The number of allylic oxidation sites excluding steroid dienone is 1. The minimum absolute atomic E-state index is 0.0393. The Bertz CT molecular complexity index is 839. The van der Waals surface area contributed by atoms with Gasteiger partial charge < -0.3 is 4.74 Å². The van der Waals surface area contributed by atoms with Crippen LogP contribution in [0.5, 0.6) is 0 Å². The van der Waals surface area contributed by atoms with Gasteiger partial charge in [-0.2, -0.15) is 0 Å². The number of ether oxygens (including phenoxy) is 1. The van der Waals surface area contributed by atoms with Gasteiger partial charge in [0.1, 0.15) is 0 Å². The maximum absolute atomic E-state index is 13.1. The largest absolute Gasteiger partial charge is 0.345 e. The van der Waals surface area contributed by atoms with Crippen molar-refractivity contribution >= 4 is 11.6 Å². The van der Waals surface area contributed by atoms with E-state index in [2.05, 4.69) is 26.8 Å². The number of hydrogen-bond donors (Lipinski definition) is 0. The Balaban J connectivity index is 1.40. The minimum atomic E-state index is -1.000. The van der Waals surface area contributed by atoms with Gasteiger partial charge in [0.05, 0.1) is 0 Å². The number of rotatable bonds is 14. The number of fused-ring (bicyclic) bond motifs is 2. The number of Topliss-reactive ketones (excluding diaryl/α,β-unsaturated/α-hetero) is 2. The molecule has 0 saturated carbocycles. The van der Waals surface area contributed by atoms with Crippen LogP contribution < -0.4 is 0 Å². The van der Waals surface area contributed by atoms with E-state index in [4.69, 9.17) is 4.74 Å². The second-order valence-electron chi connectivity index (χ2n) is 10.3. The van der Waals surface area contributed by atoms with Crippen molar-refractivity contribution in [3.05, 3.63) is 47.0 Å². The van der Waals surface area contributed by atoms with Crippen molar-refractivity contribution in [2.75, 3.05) is 0 Å². The van der Waals surface area contributed by atoms with Gasteiger partial charge in [0.2, 0.25) is 0 Å². The molecule has 2 aliphatic rings. The number of carbonyl (C=O) groups excluding carboxylic acids is 2. The fraction of sp³-hybridized carbons (Fsp3) is 0.655. The normalized spacial score (nSPS) is 25.4. The number of carbonyl (C=O) groups is 2. The zero-order chi connectivity index (χ0) is 23.2. The van der Waals surface area contributed by atoms with E-state index in [0.29, 0.717) is 17.5 Å². The topological polar surface area (TPSA) is 46.7 Å². The van der Waals surface area contributed by atoms with Crippen molar-refractivity contribution in [1.29, 1.82) is 0 Å². The molecular weight excluding hydrogens is 396 g/mol. The van der Waals surface area contributed by atoms with Gasteiger partial charge in [-0.25, -0.2) is 0 Å². The van der Waals surface area contributed by atoms with Crippen molar-refractivity contribution < 1.29 is 14.3 Å². The summed E-state index contributed by atoms with van der Waals surface area (Å²) in [4.78, 5) is 26.0. The Labute approximate surface area is 195 Å². The Kier molecular flexibility index (Phi) is 8.49. The average Bonchev–Trinajstić information content (AvgIpc) is 3.43. The highest BCUT2D eigenvalue weighted by atomic mass is 16.6. The van der Waals surface area contributed by atoms with E-state index in [9.17, 15) is 9.59 Å². The van der Waals surface area contributed by atoms with Gasteiger partial charge in [0.25, 0.3) is 0 Å². The Morgan fingerprint density at radius 1 is 0.938 bits per heavy atom. The zero-order valence-electron chi connectivity index (χ0n) is 20.7. The molecule has 32 heavy (non-hydrogen) atoms. The molecule has 176 valence electrons. The van der Waals surface area contributed by atoms with E-state index in [1.54, 1.807) is 25.1 Å². The third-order valence-corrected chi connectivity index (χ3v) is 7.63. The third-order valence-electron chi connectivity index (χ3n) is 7.63. The molecule has 1 aromatic carbocycles. The summed E-state index contributed by atoms with van der Waals surface area (Å²) in [6.45, 7) is 8.56. The predicted molar refractivity (Wildman–Crippen MR) is 131 cm³/mol. The van der Waals surface area contributed by atoms with Crippen LogP contribution in [0.2, 0.25) is 0 Å². The van der Waals surface area contributed by atoms with E-state index >= 15 is 0 Å². The SMILES string of the molecule is CCCCCCCCCC(C)CCC/C(C)=C/CC12OC1(C)C(=O)c1ccccc1C2=O. The highest BCUT2D eigenvalue weighted by molar-refractivity contribution is 6.25. The lowest BCUT2D eigenvalue weighted by atomic mass is 9.73. The molecule has 3 unspecified atom stereocenters. The van der Waals surface area contributed by atoms with Gasteiger partial charge in [0.15, 0.2) is 22.8 Å². The first-order valence-electron chi connectivity index (χ1n) is 12.9. The van der Waals surface area contributed by atoms with Gasteiger partial charge in [-0.3, -0.25) is 9.59 Å². The summed E-state index contributed by atoms with van der Waals surface area (Å²) in [7, 11) is 0. The fourth-order valence-electron chi connectivity index (χ4n) is 5.24. The van der Waals surface area contributed by atoms with E-state index < -0.39 is 11.2 Å². The zero-order valence-corrected chi connectivity index (χ0v) is 20.7. The second-order valence-corrected chi connectivity index (χ2v) is 10.3. The van der Waals surface area contributed by atoms with Crippen molar-refractivity contribution in [3.8, 4) is 0 Å². The average molecular weight is 439 g/mol. The lowest BCUT2D eigenvalue weighted by Gasteiger charge is -2.22. The van der Waals surface area contributed by atoms with E-state index in [1.165, 1.54) is 69.8 Å². The molecular formula is C29H42O3. The third kappa shape index (κ3) is 5.25. The molecule has 1 fully saturated rings. The first-order valence-corrected chi connectivity index (χ1v) is 12.9. The first kappa shape index (κ1) is 24.9. The van der Waals surface area contributed by atoms with Crippen LogP contribution in [0.15, 0.2) is 35.9 Å². The van der Waals surface area contributed by atoms with Crippen molar-refractivity contribution in [2.24, 2.45) is 5.92 Å². The summed E-state index contributed by atoms with van der Waals surface area (Å²) in [5.41, 5.74) is 0.311. The molecule has 1 aromatic rings. The van der Waals surface area contributed by atoms with Crippen molar-refractivity contribution in [3.63, 3.8) is 0 Å². The maximum Gasteiger partial charge on any atom is 0.199 e. The monoisotopic (exact) mass is 438 g/mol. The molecule has 3 rings (SSSR count). The Hall–Kier alpha value is -1.74. The lowest BCUT2D eigenvalue weighted by Crippen LogP contribution is -2.43. The van der Waals surface area contributed by atoms with Crippen LogP contribution in [0, 0.1) is 5.92 Å². The molecule has 0 radical (unpaired) electrons. The molecule has 3 heteroatoms. The smallest absolute Gasteiger partial charge is 0.199 e. The minimum Gasteiger partial charge on any atom is -0.345 e.